The fourth-order valence-electron chi connectivity index (χ4n) is 1.57. The van der Waals surface area contributed by atoms with Gasteiger partial charge in [0.05, 0.1) is 4.47 Å². The fraction of sp³-hybridized carbons (Fsp3) is 0.556. The maximum absolute atomic E-state index is 5.30. The quantitative estimate of drug-likeness (QED) is 0.571. The van der Waals surface area contributed by atoms with Gasteiger partial charge in [-0.1, -0.05) is 0 Å². The van der Waals surface area contributed by atoms with Crippen molar-refractivity contribution in [2.24, 2.45) is 5.84 Å². The van der Waals surface area contributed by atoms with E-state index in [1.54, 1.807) is 6.20 Å². The van der Waals surface area contributed by atoms with E-state index in [0.29, 0.717) is 12.0 Å². The Kier molecular flexibility index (Phi) is 3.92. The zero-order valence-electron chi connectivity index (χ0n) is 8.74. The molecule has 0 spiro atoms. The molecule has 0 saturated carbocycles. The van der Waals surface area contributed by atoms with Crippen LogP contribution in [0.2, 0.25) is 0 Å². The molecule has 7 heteroatoms. The zero-order chi connectivity index (χ0) is 11.4. The first-order valence-corrected chi connectivity index (χ1v) is 5.92. The van der Waals surface area contributed by atoms with Gasteiger partial charge in [-0.3, -0.25) is 5.43 Å². The summed E-state index contributed by atoms with van der Waals surface area (Å²) in [5, 5.41) is 3.35. The Bertz CT molecular complexity index is 356. The minimum atomic E-state index is 0.394. The Labute approximate surface area is 102 Å². The molecule has 1 aliphatic rings. The SMILES string of the molecule is NNc1ncc(Br)c(NC2CCOCC2)n1. The molecule has 88 valence electrons. The van der Waals surface area contributed by atoms with Crippen LogP contribution < -0.4 is 16.6 Å². The largest absolute Gasteiger partial charge is 0.381 e. The number of ether oxygens (including phenoxy) is 1. The topological polar surface area (TPSA) is 85.1 Å². The van der Waals surface area contributed by atoms with E-state index in [1.165, 1.54) is 0 Å². The van der Waals surface area contributed by atoms with Crippen molar-refractivity contribution >= 4 is 27.7 Å². The number of hydrogen-bond acceptors (Lipinski definition) is 6. The zero-order valence-corrected chi connectivity index (χ0v) is 10.3. The van der Waals surface area contributed by atoms with Crippen LogP contribution >= 0.6 is 15.9 Å². The maximum atomic E-state index is 5.30. The van der Waals surface area contributed by atoms with Gasteiger partial charge >= 0.3 is 0 Å². The summed E-state index contributed by atoms with van der Waals surface area (Å²) in [6.07, 6.45) is 3.65. The second-order valence-electron chi connectivity index (χ2n) is 3.57. The van der Waals surface area contributed by atoms with Crippen LogP contribution in [0.15, 0.2) is 10.7 Å². The summed E-state index contributed by atoms with van der Waals surface area (Å²) >= 11 is 3.40. The highest BCUT2D eigenvalue weighted by atomic mass is 79.9. The minimum Gasteiger partial charge on any atom is -0.381 e. The van der Waals surface area contributed by atoms with Crippen LogP contribution in [0.4, 0.5) is 11.8 Å². The van der Waals surface area contributed by atoms with E-state index in [2.05, 4.69) is 36.6 Å². The molecule has 6 nitrogen and oxygen atoms in total. The molecule has 0 bridgehead atoms. The van der Waals surface area contributed by atoms with E-state index in [-0.39, 0.29) is 0 Å². The molecule has 0 amide bonds. The molecular formula is C9H14BrN5O. The van der Waals surface area contributed by atoms with E-state index < -0.39 is 0 Å². The Morgan fingerprint density at radius 1 is 1.44 bits per heavy atom. The van der Waals surface area contributed by atoms with Crippen LogP contribution in [0.5, 0.6) is 0 Å². The van der Waals surface area contributed by atoms with Gasteiger partial charge in [-0.2, -0.15) is 4.98 Å². The second kappa shape index (κ2) is 5.42. The van der Waals surface area contributed by atoms with Gasteiger partial charge in [0.15, 0.2) is 0 Å². The average Bonchev–Trinajstić information content (AvgIpc) is 2.33. The number of nitrogens with zero attached hydrogens (tertiary/aromatic N) is 2. The smallest absolute Gasteiger partial charge is 0.239 e. The Hall–Kier alpha value is -0.920. The van der Waals surface area contributed by atoms with Crippen LogP contribution in [-0.2, 0) is 4.74 Å². The second-order valence-corrected chi connectivity index (χ2v) is 4.42. The molecule has 1 aromatic rings. The highest BCUT2D eigenvalue weighted by molar-refractivity contribution is 9.10. The first kappa shape index (κ1) is 11.6. The predicted octanol–water partition coefficient (Wildman–Crippen LogP) is 1.12. The number of nitrogens with one attached hydrogen (secondary N) is 2. The van der Waals surface area contributed by atoms with Crippen molar-refractivity contribution in [1.29, 1.82) is 0 Å². The molecule has 0 aliphatic carbocycles. The van der Waals surface area contributed by atoms with E-state index >= 15 is 0 Å². The first-order valence-electron chi connectivity index (χ1n) is 5.13. The summed E-state index contributed by atoms with van der Waals surface area (Å²) in [5.41, 5.74) is 2.42. The van der Waals surface area contributed by atoms with Gasteiger partial charge < -0.3 is 10.1 Å². The van der Waals surface area contributed by atoms with Gasteiger partial charge in [0, 0.05) is 25.5 Å². The van der Waals surface area contributed by atoms with Gasteiger partial charge in [0.2, 0.25) is 5.95 Å². The summed E-state index contributed by atoms with van der Waals surface area (Å²) in [6.45, 7) is 1.59. The van der Waals surface area contributed by atoms with Crippen molar-refractivity contribution in [3.8, 4) is 0 Å². The van der Waals surface area contributed by atoms with Crippen LogP contribution in [0.1, 0.15) is 12.8 Å². The predicted molar refractivity (Wildman–Crippen MR) is 65.0 cm³/mol. The third-order valence-electron chi connectivity index (χ3n) is 2.44. The molecule has 2 rings (SSSR count). The number of nitrogen functional groups attached to an aromatic ring is 1. The van der Waals surface area contributed by atoms with Gasteiger partial charge in [-0.05, 0) is 28.8 Å². The summed E-state index contributed by atoms with van der Waals surface area (Å²) < 4.78 is 6.13. The van der Waals surface area contributed by atoms with Gasteiger partial charge in [0.25, 0.3) is 0 Å². The maximum Gasteiger partial charge on any atom is 0.239 e. The Morgan fingerprint density at radius 3 is 2.88 bits per heavy atom. The summed E-state index contributed by atoms with van der Waals surface area (Å²) in [6, 6.07) is 0.394. The lowest BCUT2D eigenvalue weighted by molar-refractivity contribution is 0.0904. The number of anilines is 2. The lowest BCUT2D eigenvalue weighted by atomic mass is 10.1. The third-order valence-corrected chi connectivity index (χ3v) is 3.02. The highest BCUT2D eigenvalue weighted by Crippen LogP contribution is 2.22. The number of hydrogen-bond donors (Lipinski definition) is 3. The molecule has 1 saturated heterocycles. The van der Waals surface area contributed by atoms with Crippen molar-refractivity contribution in [2.45, 2.75) is 18.9 Å². The lowest BCUT2D eigenvalue weighted by Gasteiger charge is -2.24. The van der Waals surface area contributed by atoms with Crippen molar-refractivity contribution in [1.82, 2.24) is 9.97 Å². The van der Waals surface area contributed by atoms with Crippen LogP contribution in [0, 0.1) is 0 Å². The van der Waals surface area contributed by atoms with Gasteiger partial charge in [-0.15, -0.1) is 0 Å². The van der Waals surface area contributed by atoms with Crippen molar-refractivity contribution in [3.63, 3.8) is 0 Å². The number of hydrazine groups is 1. The van der Waals surface area contributed by atoms with E-state index in [4.69, 9.17) is 10.6 Å². The minimum absolute atomic E-state index is 0.394. The lowest BCUT2D eigenvalue weighted by Crippen LogP contribution is -2.28. The third kappa shape index (κ3) is 2.81. The number of nitrogens with two attached hydrogens (primary N) is 1. The van der Waals surface area contributed by atoms with E-state index in [0.717, 1.165) is 36.3 Å². The summed E-state index contributed by atoms with van der Waals surface area (Å²) in [7, 11) is 0. The Balaban J connectivity index is 2.06. The fourth-order valence-corrected chi connectivity index (χ4v) is 1.88. The van der Waals surface area contributed by atoms with Crippen LogP contribution in [0.25, 0.3) is 0 Å². The monoisotopic (exact) mass is 287 g/mol. The molecule has 2 heterocycles. The molecule has 1 aromatic heterocycles. The number of halogens is 1. The van der Waals surface area contributed by atoms with E-state index in [1.807, 2.05) is 0 Å². The number of aromatic nitrogens is 2. The van der Waals surface area contributed by atoms with Gasteiger partial charge in [0.1, 0.15) is 5.82 Å². The molecule has 0 atom stereocenters. The highest BCUT2D eigenvalue weighted by Gasteiger charge is 2.15. The molecule has 16 heavy (non-hydrogen) atoms. The van der Waals surface area contributed by atoms with Gasteiger partial charge in [-0.25, -0.2) is 10.8 Å². The van der Waals surface area contributed by atoms with Crippen molar-refractivity contribution in [2.75, 3.05) is 24.0 Å². The van der Waals surface area contributed by atoms with Crippen molar-refractivity contribution in [3.05, 3.63) is 10.7 Å². The standard InChI is InChI=1S/C9H14BrN5O/c10-7-5-12-9(15-11)14-8(7)13-6-1-3-16-4-2-6/h5-6H,1-4,11H2,(H2,12,13,14,15). The number of rotatable bonds is 3. The Morgan fingerprint density at radius 2 is 2.19 bits per heavy atom. The molecule has 0 radical (unpaired) electrons. The molecular weight excluding hydrogens is 274 g/mol. The molecule has 0 aromatic carbocycles. The van der Waals surface area contributed by atoms with Crippen molar-refractivity contribution < 1.29 is 4.74 Å². The molecule has 4 N–H and O–H groups in total. The van der Waals surface area contributed by atoms with Crippen LogP contribution in [-0.4, -0.2) is 29.2 Å². The van der Waals surface area contributed by atoms with E-state index in [9.17, 15) is 0 Å². The molecule has 0 unspecified atom stereocenters. The first-order chi connectivity index (χ1) is 7.79. The van der Waals surface area contributed by atoms with Crippen LogP contribution in [0.3, 0.4) is 0 Å². The average molecular weight is 288 g/mol. The normalized spacial score (nSPS) is 17.1. The molecule has 1 aliphatic heterocycles. The summed E-state index contributed by atoms with van der Waals surface area (Å²) in [5.74, 6) is 6.42. The summed E-state index contributed by atoms with van der Waals surface area (Å²) in [4.78, 5) is 8.23. The molecule has 1 fully saturated rings.